The Kier molecular flexibility index (Phi) is 8.56. The Morgan fingerprint density at radius 2 is 1.76 bits per heavy atom. The summed E-state index contributed by atoms with van der Waals surface area (Å²) in [4.78, 5) is 22.8. The summed E-state index contributed by atoms with van der Waals surface area (Å²) in [7, 11) is 0. The van der Waals surface area contributed by atoms with Crippen LogP contribution in [-0.2, 0) is 19.1 Å². The molecule has 0 radical (unpaired) electrons. The van der Waals surface area contributed by atoms with E-state index in [1.165, 1.54) is 45.4 Å². The van der Waals surface area contributed by atoms with Crippen LogP contribution in [0.4, 0.5) is 0 Å². The maximum absolute atomic E-state index is 11.6. The Morgan fingerprint density at radius 1 is 1.03 bits per heavy atom. The zero-order chi connectivity index (χ0) is 27.1. The molecular formula is C33H54O4. The zero-order valence-electron chi connectivity index (χ0n) is 25.0. The van der Waals surface area contributed by atoms with Gasteiger partial charge in [0.2, 0.25) is 0 Å². The van der Waals surface area contributed by atoms with Crippen molar-refractivity contribution in [2.45, 2.75) is 119 Å². The molecule has 0 aromatic heterocycles. The van der Waals surface area contributed by atoms with Crippen LogP contribution in [0.1, 0.15) is 113 Å². The quantitative estimate of drug-likeness (QED) is 0.243. The molecule has 0 unspecified atom stereocenters. The number of ether oxygens (including phenoxy) is 2. The van der Waals surface area contributed by atoms with E-state index < -0.39 is 0 Å². The fourth-order valence-corrected chi connectivity index (χ4v) is 9.99. The van der Waals surface area contributed by atoms with Gasteiger partial charge in [-0.05, 0) is 103 Å². The second kappa shape index (κ2) is 11.0. The highest BCUT2D eigenvalue weighted by molar-refractivity contribution is 5.66. The molecule has 4 aliphatic carbocycles. The van der Waals surface area contributed by atoms with Crippen LogP contribution < -0.4 is 0 Å². The fraction of sp³-hybridized carbons (Fsp3) is 0.879. The molecule has 210 valence electrons. The smallest absolute Gasteiger partial charge is 0.302 e. The number of esters is 2. The van der Waals surface area contributed by atoms with Gasteiger partial charge in [0, 0.05) is 20.3 Å². The summed E-state index contributed by atoms with van der Waals surface area (Å²) in [6.07, 6.45) is 13.5. The molecule has 0 amide bonds. The monoisotopic (exact) mass is 514 g/mol. The Balaban J connectivity index is 1.44. The number of hydrogen-bond donors (Lipinski definition) is 0. The molecule has 0 aliphatic heterocycles. The highest BCUT2D eigenvalue weighted by atomic mass is 16.5. The second-order valence-electron chi connectivity index (χ2n) is 14.3. The minimum absolute atomic E-state index is 0.0807. The van der Waals surface area contributed by atoms with Gasteiger partial charge >= 0.3 is 11.9 Å². The summed E-state index contributed by atoms with van der Waals surface area (Å²) in [5, 5.41) is 0. The first-order valence-corrected chi connectivity index (χ1v) is 15.4. The lowest BCUT2D eigenvalue weighted by Crippen LogP contribution is -2.51. The summed E-state index contributed by atoms with van der Waals surface area (Å²) in [6, 6.07) is 0. The highest BCUT2D eigenvalue weighted by Crippen LogP contribution is 2.68. The van der Waals surface area contributed by atoms with E-state index >= 15 is 0 Å². The first-order valence-electron chi connectivity index (χ1n) is 15.4. The van der Waals surface area contributed by atoms with Crippen LogP contribution in [0.2, 0.25) is 0 Å². The molecule has 4 aliphatic rings. The topological polar surface area (TPSA) is 52.6 Å². The van der Waals surface area contributed by atoms with Gasteiger partial charge in [0.1, 0.15) is 6.10 Å². The van der Waals surface area contributed by atoms with Crippen molar-refractivity contribution < 1.29 is 19.1 Å². The van der Waals surface area contributed by atoms with E-state index in [4.69, 9.17) is 9.47 Å². The maximum Gasteiger partial charge on any atom is 0.302 e. The molecule has 37 heavy (non-hydrogen) atoms. The number of hydrogen-bond acceptors (Lipinski definition) is 4. The number of fused-ring (bicyclic) bond motifs is 5. The molecule has 4 rings (SSSR count). The van der Waals surface area contributed by atoms with Crippen molar-refractivity contribution in [3.63, 3.8) is 0 Å². The van der Waals surface area contributed by atoms with E-state index in [9.17, 15) is 9.59 Å². The maximum atomic E-state index is 11.6. The minimum atomic E-state index is -0.168. The van der Waals surface area contributed by atoms with Crippen molar-refractivity contribution in [3.8, 4) is 0 Å². The van der Waals surface area contributed by atoms with Gasteiger partial charge in [-0.3, -0.25) is 9.59 Å². The Bertz CT molecular complexity index is 878. The van der Waals surface area contributed by atoms with Crippen LogP contribution >= 0.6 is 0 Å². The molecule has 0 aromatic rings. The van der Waals surface area contributed by atoms with Crippen molar-refractivity contribution >= 4 is 11.9 Å². The largest absolute Gasteiger partial charge is 0.466 e. The van der Waals surface area contributed by atoms with Crippen LogP contribution in [0.3, 0.4) is 0 Å². The lowest BCUT2D eigenvalue weighted by atomic mass is 9.46. The van der Waals surface area contributed by atoms with Crippen molar-refractivity contribution in [2.75, 3.05) is 6.61 Å². The summed E-state index contributed by atoms with van der Waals surface area (Å²) in [6.45, 7) is 18.6. The SMILES string of the molecule is CC(=O)OC[C@H](C)CC[C@H](C)[C@H](C)[C@H]1[C@H](C)C[C@H]2[C@@H]3CC=C4C[C@@H](OC(C)=O)CC[C@]4(C)[C@H]3CC[C@]12C. The molecule has 0 spiro atoms. The molecule has 0 bridgehead atoms. The van der Waals surface area contributed by atoms with Gasteiger partial charge in [-0.2, -0.15) is 0 Å². The molecule has 4 nitrogen and oxygen atoms in total. The van der Waals surface area contributed by atoms with E-state index in [-0.39, 0.29) is 18.0 Å². The number of carbonyl (C=O) groups is 2. The van der Waals surface area contributed by atoms with Crippen molar-refractivity contribution in [3.05, 3.63) is 11.6 Å². The lowest BCUT2D eigenvalue weighted by Gasteiger charge is -2.58. The fourth-order valence-electron chi connectivity index (χ4n) is 9.99. The third-order valence-electron chi connectivity index (χ3n) is 12.0. The van der Waals surface area contributed by atoms with Crippen molar-refractivity contribution in [1.82, 2.24) is 0 Å². The van der Waals surface area contributed by atoms with Gasteiger partial charge in [-0.25, -0.2) is 0 Å². The molecule has 0 aromatic carbocycles. The summed E-state index contributed by atoms with van der Waals surface area (Å²) >= 11 is 0. The molecule has 3 fully saturated rings. The van der Waals surface area contributed by atoms with Crippen molar-refractivity contribution in [2.24, 2.45) is 58.2 Å². The Labute approximate surface area is 226 Å². The van der Waals surface area contributed by atoms with Gasteiger partial charge in [0.25, 0.3) is 0 Å². The van der Waals surface area contributed by atoms with Gasteiger partial charge in [0.05, 0.1) is 6.61 Å². The minimum Gasteiger partial charge on any atom is -0.466 e. The standard InChI is InChI=1S/C33H54O4/c1-20(19-36-24(5)34)9-10-21(2)23(4)31-22(3)17-30-28-12-11-26-18-27(37-25(6)35)13-15-32(26,7)29(28)14-16-33(30,31)8/h11,20-23,27-31H,9-10,12-19H2,1-8H3/t20-,21+,22-,23+,27+,28-,29+,30+,31-,32+,33+/m1/s1. The molecule has 0 heterocycles. The number of allylic oxidation sites excluding steroid dienone is 1. The normalized spacial score (nSPS) is 41.4. The predicted octanol–water partition coefficient (Wildman–Crippen LogP) is 7.99. The molecular weight excluding hydrogens is 460 g/mol. The number of rotatable bonds is 8. The third-order valence-corrected chi connectivity index (χ3v) is 12.0. The first-order chi connectivity index (χ1) is 17.4. The average molecular weight is 515 g/mol. The second-order valence-corrected chi connectivity index (χ2v) is 14.3. The van der Waals surface area contributed by atoms with E-state index in [2.05, 4.69) is 47.6 Å². The number of carbonyl (C=O) groups excluding carboxylic acids is 2. The van der Waals surface area contributed by atoms with Gasteiger partial charge < -0.3 is 9.47 Å². The Morgan fingerprint density at radius 3 is 2.43 bits per heavy atom. The van der Waals surface area contributed by atoms with E-state index in [0.29, 0.717) is 35.2 Å². The summed E-state index contributed by atoms with van der Waals surface area (Å²) in [5.74, 6) is 5.50. The van der Waals surface area contributed by atoms with Gasteiger partial charge in [-0.1, -0.05) is 59.6 Å². The summed E-state index contributed by atoms with van der Waals surface area (Å²) in [5.41, 5.74) is 2.32. The van der Waals surface area contributed by atoms with Crippen LogP contribution in [-0.4, -0.2) is 24.6 Å². The highest BCUT2D eigenvalue weighted by Gasteiger charge is 2.61. The molecule has 11 atom stereocenters. The van der Waals surface area contributed by atoms with E-state index in [1.54, 1.807) is 12.5 Å². The van der Waals surface area contributed by atoms with Crippen LogP contribution in [0.15, 0.2) is 11.6 Å². The Hall–Kier alpha value is -1.32. The van der Waals surface area contributed by atoms with Gasteiger partial charge in [0.15, 0.2) is 0 Å². The van der Waals surface area contributed by atoms with Crippen molar-refractivity contribution in [1.29, 1.82) is 0 Å². The third kappa shape index (κ3) is 5.55. The van der Waals surface area contributed by atoms with Gasteiger partial charge in [-0.15, -0.1) is 0 Å². The summed E-state index contributed by atoms with van der Waals surface area (Å²) < 4.78 is 10.9. The molecule has 3 saturated carbocycles. The van der Waals surface area contributed by atoms with Crippen LogP contribution in [0, 0.1) is 58.2 Å². The van der Waals surface area contributed by atoms with Crippen LogP contribution in [0.25, 0.3) is 0 Å². The average Bonchev–Trinajstić information content (AvgIpc) is 3.10. The predicted molar refractivity (Wildman–Crippen MR) is 149 cm³/mol. The lowest BCUT2D eigenvalue weighted by molar-refractivity contribution is -0.148. The zero-order valence-corrected chi connectivity index (χ0v) is 25.0. The van der Waals surface area contributed by atoms with E-state index in [1.807, 2.05) is 0 Å². The van der Waals surface area contributed by atoms with Crippen LogP contribution in [0.5, 0.6) is 0 Å². The molecule has 0 saturated heterocycles. The van der Waals surface area contributed by atoms with E-state index in [0.717, 1.165) is 48.9 Å². The molecule has 0 N–H and O–H groups in total. The molecule has 4 heteroatoms. The first kappa shape index (κ1) is 28.7.